The second-order valence-electron chi connectivity index (χ2n) is 5.30. The Labute approximate surface area is 116 Å². The average Bonchev–Trinajstić information content (AvgIpc) is 2.33. The number of halogens is 2. The number of likely N-dealkylation sites (N-methyl/N-ethyl adjacent to an activating group) is 1. The molecule has 1 aliphatic carbocycles. The Morgan fingerprint density at radius 2 is 2.21 bits per heavy atom. The van der Waals surface area contributed by atoms with E-state index in [0.29, 0.717) is 30.5 Å². The monoisotopic (exact) mass is 282 g/mol. The molecule has 1 unspecified atom stereocenters. The van der Waals surface area contributed by atoms with Gasteiger partial charge in [-0.15, -0.1) is 0 Å². The van der Waals surface area contributed by atoms with E-state index in [2.05, 4.69) is 0 Å². The molecular weight excluding hydrogens is 267 g/mol. The van der Waals surface area contributed by atoms with Gasteiger partial charge in [0.1, 0.15) is 12.0 Å². The van der Waals surface area contributed by atoms with Gasteiger partial charge >= 0.3 is 0 Å². The summed E-state index contributed by atoms with van der Waals surface area (Å²) in [5, 5.41) is 0.0648. The van der Waals surface area contributed by atoms with Crippen LogP contribution >= 0.6 is 11.6 Å². The molecule has 1 aromatic rings. The van der Waals surface area contributed by atoms with Crippen molar-refractivity contribution in [2.24, 2.45) is 5.73 Å². The predicted molar refractivity (Wildman–Crippen MR) is 71.3 cm³/mol. The molecule has 19 heavy (non-hydrogen) atoms. The third-order valence-corrected chi connectivity index (χ3v) is 4.77. The fourth-order valence-corrected chi connectivity index (χ4v) is 3.47. The van der Waals surface area contributed by atoms with Crippen molar-refractivity contribution in [3.05, 3.63) is 34.1 Å². The number of hydrogen-bond acceptors (Lipinski definition) is 2. The normalized spacial score (nSPS) is 24.3. The Hall–Kier alpha value is -1.13. The van der Waals surface area contributed by atoms with Gasteiger partial charge in [0.05, 0.1) is 10.4 Å². The highest BCUT2D eigenvalue weighted by Gasteiger charge is 2.54. The fourth-order valence-electron chi connectivity index (χ4n) is 3.31. The first-order chi connectivity index (χ1) is 9.03. The van der Waals surface area contributed by atoms with Gasteiger partial charge in [-0.25, -0.2) is 4.39 Å². The number of amides is 1. The third kappa shape index (κ3) is 1.50. The lowest BCUT2D eigenvalue weighted by molar-refractivity contribution is -0.145. The van der Waals surface area contributed by atoms with Gasteiger partial charge in [0, 0.05) is 12.1 Å². The lowest BCUT2D eigenvalue weighted by Crippen LogP contribution is -2.58. The minimum Gasteiger partial charge on any atom is -0.323 e. The number of hydrogen-bond donors (Lipinski definition) is 1. The molecule has 2 aliphatic rings. The van der Waals surface area contributed by atoms with E-state index in [0.717, 1.165) is 6.42 Å². The molecule has 0 bridgehead atoms. The van der Waals surface area contributed by atoms with Crippen molar-refractivity contribution in [1.29, 1.82) is 0 Å². The molecule has 102 valence electrons. The molecule has 3 nitrogen and oxygen atoms in total. The maximum Gasteiger partial charge on any atom is 0.234 e. The summed E-state index contributed by atoms with van der Waals surface area (Å²) in [6.45, 7) is 2.42. The predicted octanol–water partition coefficient (Wildman–Crippen LogP) is 2.72. The van der Waals surface area contributed by atoms with Gasteiger partial charge < -0.3 is 10.6 Å². The van der Waals surface area contributed by atoms with E-state index in [1.54, 1.807) is 11.0 Å². The van der Waals surface area contributed by atoms with Crippen LogP contribution < -0.4 is 5.73 Å². The summed E-state index contributed by atoms with van der Waals surface area (Å²) in [5.74, 6) is -0.527. The summed E-state index contributed by atoms with van der Waals surface area (Å²) >= 11 is 5.88. The van der Waals surface area contributed by atoms with E-state index in [9.17, 15) is 9.18 Å². The lowest BCUT2D eigenvalue weighted by atomic mass is 9.60. The van der Waals surface area contributed by atoms with Crippen molar-refractivity contribution in [3.8, 4) is 0 Å². The molecule has 1 spiro atoms. The van der Waals surface area contributed by atoms with Crippen LogP contribution in [0.4, 0.5) is 4.39 Å². The smallest absolute Gasteiger partial charge is 0.234 e. The Morgan fingerprint density at radius 3 is 2.74 bits per heavy atom. The highest BCUT2D eigenvalue weighted by atomic mass is 35.5. The second kappa shape index (κ2) is 4.18. The summed E-state index contributed by atoms with van der Waals surface area (Å²) in [7, 11) is 0. The standard InChI is InChI=1S/C14H16ClFN2O/c1-2-18-12(17)8-4-5-9(15)11(16)10(8)14(13(18)19)6-3-7-14/h4-5,12H,2-3,6-7,17H2,1H3. The molecule has 1 heterocycles. The van der Waals surface area contributed by atoms with Gasteiger partial charge in [-0.1, -0.05) is 24.1 Å². The van der Waals surface area contributed by atoms with Gasteiger partial charge in [-0.05, 0) is 31.4 Å². The second-order valence-corrected chi connectivity index (χ2v) is 5.70. The zero-order chi connectivity index (χ0) is 13.8. The minimum atomic E-state index is -0.726. The van der Waals surface area contributed by atoms with Crippen molar-refractivity contribution in [2.45, 2.75) is 37.8 Å². The molecule has 5 heteroatoms. The van der Waals surface area contributed by atoms with E-state index < -0.39 is 17.4 Å². The molecule has 0 saturated heterocycles. The molecule has 1 aliphatic heterocycles. The topological polar surface area (TPSA) is 46.3 Å². The number of rotatable bonds is 1. The van der Waals surface area contributed by atoms with Crippen LogP contribution in [0.15, 0.2) is 12.1 Å². The number of carbonyl (C=O) groups is 1. The van der Waals surface area contributed by atoms with Gasteiger partial charge in [-0.3, -0.25) is 4.79 Å². The molecular formula is C14H16ClFN2O. The molecule has 1 fully saturated rings. The quantitative estimate of drug-likeness (QED) is 0.861. The first kappa shape index (κ1) is 12.9. The summed E-state index contributed by atoms with van der Waals surface area (Å²) in [6.07, 6.45) is 1.72. The van der Waals surface area contributed by atoms with Gasteiger partial charge in [0.25, 0.3) is 0 Å². The minimum absolute atomic E-state index is 0.0533. The van der Waals surface area contributed by atoms with E-state index in [4.69, 9.17) is 17.3 Å². The summed E-state index contributed by atoms with van der Waals surface area (Å²) < 4.78 is 14.4. The molecule has 1 atom stereocenters. The molecule has 2 N–H and O–H groups in total. The number of carbonyl (C=O) groups excluding carboxylic acids is 1. The molecule has 0 aromatic heterocycles. The SMILES string of the molecule is CCN1C(=O)C2(CCC2)c2c(ccc(Cl)c2F)C1N. The summed E-state index contributed by atoms with van der Waals surface area (Å²) in [4.78, 5) is 14.3. The van der Waals surface area contributed by atoms with Crippen molar-refractivity contribution in [3.63, 3.8) is 0 Å². The molecule has 3 rings (SSSR count). The van der Waals surface area contributed by atoms with Crippen LogP contribution in [-0.2, 0) is 10.2 Å². The van der Waals surface area contributed by atoms with E-state index >= 15 is 0 Å². The van der Waals surface area contributed by atoms with Crippen LogP contribution in [0.1, 0.15) is 43.5 Å². The van der Waals surface area contributed by atoms with Gasteiger partial charge in [-0.2, -0.15) is 0 Å². The maximum atomic E-state index is 14.4. The largest absolute Gasteiger partial charge is 0.323 e. The van der Waals surface area contributed by atoms with Crippen LogP contribution in [0.2, 0.25) is 5.02 Å². The molecule has 1 amide bonds. The Kier molecular flexibility index (Phi) is 2.84. The van der Waals surface area contributed by atoms with Crippen LogP contribution in [0.3, 0.4) is 0 Å². The summed E-state index contributed by atoms with van der Waals surface area (Å²) in [5.41, 5.74) is 6.52. The van der Waals surface area contributed by atoms with Crippen LogP contribution in [0.5, 0.6) is 0 Å². The Bertz CT molecular complexity index is 557. The zero-order valence-corrected chi connectivity index (χ0v) is 11.5. The fraction of sp³-hybridized carbons (Fsp3) is 0.500. The van der Waals surface area contributed by atoms with E-state index in [1.165, 1.54) is 6.07 Å². The van der Waals surface area contributed by atoms with Gasteiger partial charge in [0.2, 0.25) is 5.91 Å². The molecule has 0 radical (unpaired) electrons. The van der Waals surface area contributed by atoms with Crippen molar-refractivity contribution in [1.82, 2.24) is 4.90 Å². The number of fused-ring (bicyclic) bond motifs is 2. The highest BCUT2D eigenvalue weighted by molar-refractivity contribution is 6.30. The summed E-state index contributed by atoms with van der Waals surface area (Å²) in [6, 6.07) is 3.27. The van der Waals surface area contributed by atoms with Crippen LogP contribution in [0.25, 0.3) is 0 Å². The number of nitrogens with two attached hydrogens (primary N) is 1. The Morgan fingerprint density at radius 1 is 1.53 bits per heavy atom. The highest BCUT2D eigenvalue weighted by Crippen LogP contribution is 2.52. The first-order valence-corrected chi connectivity index (χ1v) is 6.95. The molecule has 1 saturated carbocycles. The maximum absolute atomic E-state index is 14.4. The number of nitrogens with zero attached hydrogens (tertiary/aromatic N) is 1. The van der Waals surface area contributed by atoms with Crippen molar-refractivity contribution >= 4 is 17.5 Å². The third-order valence-electron chi connectivity index (χ3n) is 4.48. The van der Waals surface area contributed by atoms with Crippen LogP contribution in [0, 0.1) is 5.82 Å². The van der Waals surface area contributed by atoms with Crippen molar-refractivity contribution in [2.75, 3.05) is 6.54 Å². The average molecular weight is 283 g/mol. The van der Waals surface area contributed by atoms with Crippen molar-refractivity contribution < 1.29 is 9.18 Å². The lowest BCUT2D eigenvalue weighted by Gasteiger charge is -2.50. The van der Waals surface area contributed by atoms with E-state index in [1.807, 2.05) is 6.92 Å². The Balaban J connectivity index is 2.27. The van der Waals surface area contributed by atoms with Crippen LogP contribution in [-0.4, -0.2) is 17.4 Å². The van der Waals surface area contributed by atoms with E-state index in [-0.39, 0.29) is 10.9 Å². The first-order valence-electron chi connectivity index (χ1n) is 6.58. The van der Waals surface area contributed by atoms with Gasteiger partial charge in [0.15, 0.2) is 0 Å². The zero-order valence-electron chi connectivity index (χ0n) is 10.7. The molecule has 1 aromatic carbocycles. The number of benzene rings is 1.